The number of nitrogens with zero attached hydrogens (tertiary/aromatic N) is 1. The molecule has 0 saturated heterocycles. The molecule has 0 bridgehead atoms. The van der Waals surface area contributed by atoms with E-state index in [-0.39, 0.29) is 0 Å². The quantitative estimate of drug-likeness (QED) is 0.144. The topological polar surface area (TPSA) is 38.9 Å². The number of hydrogen-bond acceptors (Lipinski definition) is 2. The Bertz CT molecular complexity index is 2050. The molecular weight excluding hydrogens is 544 g/mol. The molecule has 1 aliphatic rings. The van der Waals surface area contributed by atoms with Crippen LogP contribution in [0.4, 0.5) is 5.69 Å². The summed E-state index contributed by atoms with van der Waals surface area (Å²) in [7, 11) is 0. The molecule has 45 heavy (non-hydrogen) atoms. The van der Waals surface area contributed by atoms with Crippen molar-refractivity contribution >= 4 is 11.8 Å². The molecule has 6 aromatic rings. The van der Waals surface area contributed by atoms with E-state index in [0.717, 1.165) is 40.1 Å². The maximum Gasteiger partial charge on any atom is 0.0755 e. The van der Waals surface area contributed by atoms with Gasteiger partial charge in [0.25, 0.3) is 0 Å². The number of aromatic nitrogens is 1. The van der Waals surface area contributed by atoms with E-state index in [1.54, 1.807) is 6.08 Å². The molecule has 5 aromatic carbocycles. The van der Waals surface area contributed by atoms with Crippen LogP contribution in [-0.2, 0) is 11.8 Å². The third-order valence-corrected chi connectivity index (χ3v) is 8.79. The Morgan fingerprint density at radius 1 is 0.600 bits per heavy atom. The van der Waals surface area contributed by atoms with Gasteiger partial charge in [-0.1, -0.05) is 158 Å². The number of allylic oxidation sites excluding steroid dienone is 4. The lowest BCUT2D eigenvalue weighted by Crippen LogP contribution is -2.30. The Labute approximate surface area is 265 Å². The van der Waals surface area contributed by atoms with Crippen LogP contribution < -0.4 is 5.73 Å². The second kappa shape index (κ2) is 12.1. The molecule has 2 heteroatoms. The number of fused-ring (bicyclic) bond motifs is 3. The van der Waals surface area contributed by atoms with Crippen LogP contribution in [0.3, 0.4) is 0 Å². The van der Waals surface area contributed by atoms with Crippen LogP contribution in [-0.4, -0.2) is 4.98 Å². The molecule has 1 aliphatic carbocycles. The lowest BCUT2D eigenvalue weighted by molar-refractivity contribution is 0.765. The lowest BCUT2D eigenvalue weighted by atomic mass is 9.66. The predicted molar refractivity (Wildman–Crippen MR) is 189 cm³/mol. The van der Waals surface area contributed by atoms with Gasteiger partial charge in [-0.15, -0.1) is 0 Å². The van der Waals surface area contributed by atoms with Crippen LogP contribution in [0, 0.1) is 0 Å². The largest absolute Gasteiger partial charge is 0.398 e. The number of nitrogen functional groups attached to an aromatic ring is 1. The van der Waals surface area contributed by atoms with Crippen LogP contribution >= 0.6 is 0 Å². The molecule has 0 fully saturated rings. The fourth-order valence-corrected chi connectivity index (χ4v) is 6.82. The van der Waals surface area contributed by atoms with Crippen molar-refractivity contribution in [2.24, 2.45) is 0 Å². The monoisotopic (exact) mass is 578 g/mol. The average molecular weight is 579 g/mol. The Hall–Kier alpha value is -5.73. The maximum absolute atomic E-state index is 6.89. The minimum Gasteiger partial charge on any atom is -0.398 e. The Kier molecular flexibility index (Phi) is 7.55. The average Bonchev–Trinajstić information content (AvgIpc) is 3.38. The Morgan fingerprint density at radius 2 is 1.29 bits per heavy atom. The van der Waals surface area contributed by atoms with Crippen LogP contribution in [0.5, 0.6) is 0 Å². The number of benzene rings is 5. The summed E-state index contributed by atoms with van der Waals surface area (Å²) in [6.45, 7) is 3.81. The first kappa shape index (κ1) is 28.1. The van der Waals surface area contributed by atoms with E-state index in [9.17, 15) is 0 Å². The first-order valence-electron chi connectivity index (χ1n) is 15.3. The number of nitrogens with two attached hydrogens (primary N) is 1. The standard InChI is InChI=1S/C43H34N2/c1-2-3-4-6-16-35-17-9-10-18-37(35)43(38-19-11-12-21-41(38)44)39-20-13-28-45-42(39)36-27-24-32(30-40(36)43)29-31-22-25-34(26-23-31)33-14-7-5-8-15-33/h2-28,30H,1,29,44H2/b4-3-,16-6-. The summed E-state index contributed by atoms with van der Waals surface area (Å²) in [6, 6.07) is 47.5. The highest BCUT2D eigenvalue weighted by Gasteiger charge is 2.48. The summed E-state index contributed by atoms with van der Waals surface area (Å²) < 4.78 is 0. The smallest absolute Gasteiger partial charge is 0.0755 e. The second-order valence-corrected chi connectivity index (χ2v) is 11.4. The third kappa shape index (κ3) is 5.01. The molecule has 216 valence electrons. The fourth-order valence-electron chi connectivity index (χ4n) is 6.82. The van der Waals surface area contributed by atoms with Crippen LogP contribution in [0.1, 0.15) is 38.9 Å². The molecule has 0 saturated carbocycles. The van der Waals surface area contributed by atoms with Gasteiger partial charge in [-0.25, -0.2) is 0 Å². The van der Waals surface area contributed by atoms with Crippen molar-refractivity contribution in [3.8, 4) is 22.4 Å². The van der Waals surface area contributed by atoms with Gasteiger partial charge in [0.2, 0.25) is 0 Å². The van der Waals surface area contributed by atoms with Crippen molar-refractivity contribution in [1.82, 2.24) is 4.98 Å². The van der Waals surface area contributed by atoms with E-state index in [0.29, 0.717) is 0 Å². The van der Waals surface area contributed by atoms with E-state index in [1.165, 1.54) is 33.4 Å². The summed E-state index contributed by atoms with van der Waals surface area (Å²) in [4.78, 5) is 4.96. The molecular formula is C43H34N2. The first-order valence-corrected chi connectivity index (χ1v) is 15.3. The summed E-state index contributed by atoms with van der Waals surface area (Å²) in [5.74, 6) is 0. The third-order valence-electron chi connectivity index (χ3n) is 8.79. The molecule has 1 unspecified atom stereocenters. The lowest BCUT2D eigenvalue weighted by Gasteiger charge is -2.36. The van der Waals surface area contributed by atoms with Gasteiger partial charge in [0.05, 0.1) is 11.1 Å². The molecule has 1 aromatic heterocycles. The first-order chi connectivity index (χ1) is 22.2. The molecule has 2 nitrogen and oxygen atoms in total. The summed E-state index contributed by atoms with van der Waals surface area (Å²) in [5, 5.41) is 0. The zero-order chi connectivity index (χ0) is 30.6. The summed E-state index contributed by atoms with van der Waals surface area (Å²) >= 11 is 0. The van der Waals surface area contributed by atoms with Crippen molar-refractivity contribution in [2.75, 3.05) is 5.73 Å². The fraction of sp³-hybridized carbons (Fsp3) is 0.0465. The van der Waals surface area contributed by atoms with Gasteiger partial charge in [0.15, 0.2) is 0 Å². The van der Waals surface area contributed by atoms with Gasteiger partial charge in [0.1, 0.15) is 0 Å². The molecule has 0 radical (unpaired) electrons. The predicted octanol–water partition coefficient (Wildman–Crippen LogP) is 10.0. The van der Waals surface area contributed by atoms with E-state index >= 15 is 0 Å². The normalized spacial score (nSPS) is 15.3. The molecule has 0 aliphatic heterocycles. The highest BCUT2D eigenvalue weighted by molar-refractivity contribution is 5.87. The van der Waals surface area contributed by atoms with Crippen molar-refractivity contribution in [3.63, 3.8) is 0 Å². The van der Waals surface area contributed by atoms with Gasteiger partial charge in [-0.3, -0.25) is 4.98 Å². The highest BCUT2D eigenvalue weighted by Crippen LogP contribution is 2.57. The number of anilines is 1. The van der Waals surface area contributed by atoms with Gasteiger partial charge >= 0.3 is 0 Å². The van der Waals surface area contributed by atoms with Crippen molar-refractivity contribution in [2.45, 2.75) is 11.8 Å². The van der Waals surface area contributed by atoms with E-state index < -0.39 is 5.41 Å². The molecule has 1 heterocycles. The molecule has 1 atom stereocenters. The number of pyridine rings is 1. The number of rotatable bonds is 8. The number of hydrogen-bond donors (Lipinski definition) is 1. The van der Waals surface area contributed by atoms with E-state index in [4.69, 9.17) is 10.7 Å². The van der Waals surface area contributed by atoms with E-state index in [1.807, 2.05) is 36.5 Å². The zero-order valence-electron chi connectivity index (χ0n) is 25.1. The molecule has 7 rings (SSSR count). The van der Waals surface area contributed by atoms with Crippen molar-refractivity contribution in [3.05, 3.63) is 209 Å². The number of para-hydroxylation sites is 1. The molecule has 0 amide bonds. The van der Waals surface area contributed by atoms with E-state index in [2.05, 4.69) is 134 Å². The Balaban J connectivity index is 1.42. The van der Waals surface area contributed by atoms with Gasteiger partial charge in [0, 0.05) is 17.4 Å². The van der Waals surface area contributed by atoms with Gasteiger partial charge < -0.3 is 5.73 Å². The van der Waals surface area contributed by atoms with Crippen LogP contribution in [0.15, 0.2) is 171 Å². The SMILES string of the molecule is C=C/C=C\C=C/c1ccccc1C1(c2ccccc2N)c2cc(Cc3ccc(-c4ccccc4)cc3)ccc2-c2ncccc21. The van der Waals surface area contributed by atoms with Crippen LogP contribution in [0.2, 0.25) is 0 Å². The second-order valence-electron chi connectivity index (χ2n) is 11.4. The summed E-state index contributed by atoms with van der Waals surface area (Å²) in [5.41, 5.74) is 19.8. The highest BCUT2D eigenvalue weighted by atomic mass is 14.7. The van der Waals surface area contributed by atoms with Gasteiger partial charge in [-0.05, 0) is 68.6 Å². The zero-order valence-corrected chi connectivity index (χ0v) is 25.1. The molecule has 2 N–H and O–H groups in total. The minimum absolute atomic E-state index is 0.652. The Morgan fingerprint density at radius 3 is 2.09 bits per heavy atom. The minimum atomic E-state index is -0.652. The summed E-state index contributed by atoms with van der Waals surface area (Å²) in [6.07, 6.45) is 12.7. The van der Waals surface area contributed by atoms with Crippen LogP contribution in [0.25, 0.3) is 28.5 Å². The van der Waals surface area contributed by atoms with Gasteiger partial charge in [-0.2, -0.15) is 0 Å². The molecule has 0 spiro atoms. The van der Waals surface area contributed by atoms with Crippen molar-refractivity contribution < 1.29 is 0 Å². The maximum atomic E-state index is 6.89. The van der Waals surface area contributed by atoms with Crippen molar-refractivity contribution in [1.29, 1.82) is 0 Å².